The predicted octanol–water partition coefficient (Wildman–Crippen LogP) is 2.76. The molecule has 0 aliphatic rings. The van der Waals surface area contributed by atoms with Crippen LogP contribution in [0.25, 0.3) is 0 Å². The monoisotopic (exact) mass is 297 g/mol. The van der Waals surface area contributed by atoms with Gasteiger partial charge in [0.15, 0.2) is 0 Å². The molecule has 3 N–H and O–H groups in total. The Morgan fingerprint density at radius 3 is 2.89 bits per heavy atom. The maximum Gasteiger partial charge on any atom is 0.136 e. The van der Waals surface area contributed by atoms with Crippen molar-refractivity contribution >= 4 is 23.1 Å². The van der Waals surface area contributed by atoms with E-state index in [0.717, 1.165) is 17.1 Å². The first-order valence-corrected chi connectivity index (χ1v) is 7.80. The van der Waals surface area contributed by atoms with Gasteiger partial charge in [0.2, 0.25) is 0 Å². The molecule has 2 aromatic rings. The SMILES string of the molecule is Cc1nc(CC(CSc2ccccc2F)NN)cs1. The minimum atomic E-state index is -0.187. The standard InChI is InChI=1S/C13H16FN3S2/c1-9-16-10(7-18-9)6-11(17-15)8-19-13-5-3-2-4-12(13)14/h2-5,7,11,17H,6,8,15H2,1H3. The van der Waals surface area contributed by atoms with E-state index in [9.17, 15) is 4.39 Å². The van der Waals surface area contributed by atoms with Gasteiger partial charge in [0.05, 0.1) is 10.7 Å². The molecule has 1 heterocycles. The third-order valence-corrected chi connectivity index (χ3v) is 4.67. The van der Waals surface area contributed by atoms with Gasteiger partial charge in [0.1, 0.15) is 5.82 Å². The van der Waals surface area contributed by atoms with E-state index in [1.165, 1.54) is 17.8 Å². The average Bonchev–Trinajstić information content (AvgIpc) is 2.81. The van der Waals surface area contributed by atoms with E-state index < -0.39 is 0 Å². The zero-order valence-corrected chi connectivity index (χ0v) is 12.2. The maximum atomic E-state index is 13.5. The van der Waals surface area contributed by atoms with Crippen LogP contribution in [0.3, 0.4) is 0 Å². The molecule has 1 aromatic heterocycles. The molecule has 2 rings (SSSR count). The number of thioether (sulfide) groups is 1. The van der Waals surface area contributed by atoms with Gasteiger partial charge in [-0.15, -0.1) is 23.1 Å². The molecule has 6 heteroatoms. The Bertz CT molecular complexity index is 530. The maximum absolute atomic E-state index is 13.5. The molecule has 0 radical (unpaired) electrons. The Morgan fingerprint density at radius 2 is 2.26 bits per heavy atom. The van der Waals surface area contributed by atoms with Gasteiger partial charge in [0.25, 0.3) is 0 Å². The smallest absolute Gasteiger partial charge is 0.136 e. The molecule has 0 aliphatic heterocycles. The molecule has 0 saturated heterocycles. The normalized spacial score (nSPS) is 12.6. The molecule has 1 atom stereocenters. The lowest BCUT2D eigenvalue weighted by Gasteiger charge is -2.14. The second-order valence-electron chi connectivity index (χ2n) is 4.17. The van der Waals surface area contributed by atoms with Gasteiger partial charge < -0.3 is 0 Å². The summed E-state index contributed by atoms with van der Waals surface area (Å²) in [5.74, 6) is 6.06. The average molecular weight is 297 g/mol. The van der Waals surface area contributed by atoms with Crippen molar-refractivity contribution in [3.8, 4) is 0 Å². The largest absolute Gasteiger partial charge is 0.271 e. The van der Waals surface area contributed by atoms with Crippen molar-refractivity contribution in [2.45, 2.75) is 24.3 Å². The summed E-state index contributed by atoms with van der Waals surface area (Å²) in [6.45, 7) is 1.98. The quantitative estimate of drug-likeness (QED) is 0.489. The molecule has 3 nitrogen and oxygen atoms in total. The van der Waals surface area contributed by atoms with E-state index in [1.807, 2.05) is 18.4 Å². The first-order chi connectivity index (χ1) is 9.19. The van der Waals surface area contributed by atoms with Crippen molar-refractivity contribution in [1.29, 1.82) is 0 Å². The fourth-order valence-corrected chi connectivity index (χ4v) is 3.27. The number of thiazole rings is 1. The molecular weight excluding hydrogens is 281 g/mol. The fourth-order valence-electron chi connectivity index (χ4n) is 1.67. The van der Waals surface area contributed by atoms with Crippen LogP contribution in [-0.4, -0.2) is 16.8 Å². The zero-order valence-electron chi connectivity index (χ0n) is 10.6. The number of hydrazine groups is 1. The summed E-state index contributed by atoms with van der Waals surface area (Å²) < 4.78 is 13.5. The molecule has 0 aliphatic carbocycles. The highest BCUT2D eigenvalue weighted by Crippen LogP contribution is 2.22. The van der Waals surface area contributed by atoms with Gasteiger partial charge in [-0.1, -0.05) is 12.1 Å². The van der Waals surface area contributed by atoms with Crippen LogP contribution in [-0.2, 0) is 6.42 Å². The summed E-state index contributed by atoms with van der Waals surface area (Å²) in [5, 5.41) is 3.08. The van der Waals surface area contributed by atoms with Crippen molar-refractivity contribution in [1.82, 2.24) is 10.4 Å². The third kappa shape index (κ3) is 4.28. The second-order valence-corrected chi connectivity index (χ2v) is 6.29. The number of rotatable bonds is 6. The van der Waals surface area contributed by atoms with Crippen LogP contribution >= 0.6 is 23.1 Å². The molecule has 102 valence electrons. The summed E-state index contributed by atoms with van der Waals surface area (Å²) in [4.78, 5) is 5.06. The minimum Gasteiger partial charge on any atom is -0.271 e. The van der Waals surface area contributed by atoms with E-state index >= 15 is 0 Å². The van der Waals surface area contributed by atoms with Crippen LogP contribution in [0.15, 0.2) is 34.5 Å². The van der Waals surface area contributed by atoms with Crippen LogP contribution in [0.4, 0.5) is 4.39 Å². The molecule has 19 heavy (non-hydrogen) atoms. The van der Waals surface area contributed by atoms with Gasteiger partial charge in [-0.2, -0.15) is 0 Å². The molecule has 1 aromatic carbocycles. The lowest BCUT2D eigenvalue weighted by Crippen LogP contribution is -2.38. The Hall–Kier alpha value is -0.950. The highest BCUT2D eigenvalue weighted by molar-refractivity contribution is 7.99. The topological polar surface area (TPSA) is 50.9 Å². The number of nitrogens with two attached hydrogens (primary N) is 1. The van der Waals surface area contributed by atoms with E-state index in [4.69, 9.17) is 5.84 Å². The van der Waals surface area contributed by atoms with Crippen LogP contribution in [0, 0.1) is 12.7 Å². The van der Waals surface area contributed by atoms with Crippen LogP contribution in [0.1, 0.15) is 10.7 Å². The molecule has 0 fully saturated rings. The number of aryl methyl sites for hydroxylation is 1. The number of benzene rings is 1. The summed E-state index contributed by atoms with van der Waals surface area (Å²) in [5.41, 5.74) is 3.80. The Balaban J connectivity index is 1.91. The van der Waals surface area contributed by atoms with Gasteiger partial charge >= 0.3 is 0 Å². The molecule has 0 saturated carbocycles. The van der Waals surface area contributed by atoms with Crippen LogP contribution in [0.5, 0.6) is 0 Å². The minimum absolute atomic E-state index is 0.0751. The number of halogens is 1. The van der Waals surface area contributed by atoms with E-state index in [1.54, 1.807) is 23.5 Å². The van der Waals surface area contributed by atoms with Gasteiger partial charge in [-0.3, -0.25) is 11.3 Å². The third-order valence-electron chi connectivity index (χ3n) is 2.63. The Labute approximate surface area is 120 Å². The van der Waals surface area contributed by atoms with Crippen LogP contribution in [0.2, 0.25) is 0 Å². The van der Waals surface area contributed by atoms with Gasteiger partial charge in [-0.25, -0.2) is 9.37 Å². The first kappa shape index (κ1) is 14.5. The van der Waals surface area contributed by atoms with E-state index in [0.29, 0.717) is 10.6 Å². The zero-order chi connectivity index (χ0) is 13.7. The highest BCUT2D eigenvalue weighted by atomic mass is 32.2. The van der Waals surface area contributed by atoms with Crippen molar-refractivity contribution in [2.75, 3.05) is 5.75 Å². The number of aromatic nitrogens is 1. The van der Waals surface area contributed by atoms with E-state index in [2.05, 4.69) is 10.4 Å². The number of hydrogen-bond acceptors (Lipinski definition) is 5. The number of nitrogens with zero attached hydrogens (tertiary/aromatic N) is 1. The molecular formula is C13H16FN3S2. The molecule has 0 spiro atoms. The van der Waals surface area contributed by atoms with Gasteiger partial charge in [0, 0.05) is 28.5 Å². The first-order valence-electron chi connectivity index (χ1n) is 5.93. The lowest BCUT2D eigenvalue weighted by molar-refractivity contribution is 0.568. The molecule has 0 bridgehead atoms. The Morgan fingerprint density at radius 1 is 1.47 bits per heavy atom. The summed E-state index contributed by atoms with van der Waals surface area (Å²) in [6.07, 6.45) is 0.752. The second kappa shape index (κ2) is 7.00. The number of hydrogen-bond donors (Lipinski definition) is 2. The predicted molar refractivity (Wildman–Crippen MR) is 78.8 cm³/mol. The van der Waals surface area contributed by atoms with E-state index in [-0.39, 0.29) is 11.9 Å². The summed E-state index contributed by atoms with van der Waals surface area (Å²) >= 11 is 3.09. The van der Waals surface area contributed by atoms with Crippen molar-refractivity contribution in [2.24, 2.45) is 5.84 Å². The summed E-state index contributed by atoms with van der Waals surface area (Å²) in [6, 6.07) is 6.85. The lowest BCUT2D eigenvalue weighted by atomic mass is 10.2. The van der Waals surface area contributed by atoms with Crippen molar-refractivity contribution < 1.29 is 4.39 Å². The van der Waals surface area contributed by atoms with Crippen molar-refractivity contribution in [3.63, 3.8) is 0 Å². The summed E-state index contributed by atoms with van der Waals surface area (Å²) in [7, 11) is 0. The fraction of sp³-hybridized carbons (Fsp3) is 0.308. The van der Waals surface area contributed by atoms with Crippen molar-refractivity contribution in [3.05, 3.63) is 46.2 Å². The molecule has 1 unspecified atom stereocenters. The number of nitrogens with one attached hydrogen (secondary N) is 1. The molecule has 0 amide bonds. The highest BCUT2D eigenvalue weighted by Gasteiger charge is 2.11. The Kier molecular flexibility index (Phi) is 5.33. The van der Waals surface area contributed by atoms with Crippen LogP contribution < -0.4 is 11.3 Å². The van der Waals surface area contributed by atoms with Gasteiger partial charge in [-0.05, 0) is 19.1 Å².